The molecule has 1 rings (SSSR count). The zero-order valence-corrected chi connectivity index (χ0v) is 11.4. The second-order valence-corrected chi connectivity index (χ2v) is 4.60. The quantitative estimate of drug-likeness (QED) is 0.807. The molecule has 5 nitrogen and oxygen atoms in total. The van der Waals surface area contributed by atoms with Gasteiger partial charge in [-0.1, -0.05) is 0 Å². The number of carbonyl (C=O) groups is 1. The predicted octanol–water partition coefficient (Wildman–Crippen LogP) is 1.67. The Hall–Kier alpha value is -1.62. The van der Waals surface area contributed by atoms with E-state index in [4.69, 9.17) is 4.74 Å². The summed E-state index contributed by atoms with van der Waals surface area (Å²) in [5.74, 6) is -0.126. The fourth-order valence-electron chi connectivity index (χ4n) is 1.38. The normalized spacial score (nSPS) is 11.1. The van der Waals surface area contributed by atoms with Crippen LogP contribution in [0.15, 0.2) is 18.5 Å². The summed E-state index contributed by atoms with van der Waals surface area (Å²) < 4.78 is 5.26. The van der Waals surface area contributed by atoms with Crippen LogP contribution in [0.5, 0.6) is 0 Å². The number of nitrogens with zero attached hydrogens (tertiary/aromatic N) is 1. The Morgan fingerprint density at radius 2 is 2.22 bits per heavy atom. The smallest absolute Gasteiger partial charge is 0.253 e. The number of pyridine rings is 1. The van der Waals surface area contributed by atoms with Crippen LogP contribution in [0.1, 0.15) is 31.1 Å². The average Bonchev–Trinajstić information content (AvgIpc) is 2.37. The van der Waals surface area contributed by atoms with Crippen LogP contribution in [0.2, 0.25) is 0 Å². The molecule has 0 atom stereocenters. The summed E-state index contributed by atoms with van der Waals surface area (Å²) in [6.45, 7) is 7.02. The highest BCUT2D eigenvalue weighted by atomic mass is 16.5. The molecule has 1 amide bonds. The third-order valence-electron chi connectivity index (χ3n) is 2.66. The number of aromatic nitrogens is 1. The number of hydrogen-bond donors (Lipinski definition) is 2. The topological polar surface area (TPSA) is 63.2 Å². The van der Waals surface area contributed by atoms with Gasteiger partial charge >= 0.3 is 0 Å². The fraction of sp³-hybridized carbons (Fsp3) is 0.538. The van der Waals surface area contributed by atoms with Crippen molar-refractivity contribution in [3.8, 4) is 0 Å². The van der Waals surface area contributed by atoms with Crippen LogP contribution >= 0.6 is 0 Å². The van der Waals surface area contributed by atoms with Crippen LogP contribution in [0.4, 0.5) is 5.69 Å². The fourth-order valence-corrected chi connectivity index (χ4v) is 1.38. The van der Waals surface area contributed by atoms with Gasteiger partial charge in [0.25, 0.3) is 5.91 Å². The summed E-state index contributed by atoms with van der Waals surface area (Å²) >= 11 is 0. The molecule has 18 heavy (non-hydrogen) atoms. The summed E-state index contributed by atoms with van der Waals surface area (Å²) in [7, 11) is 1.63. The van der Waals surface area contributed by atoms with E-state index in [0.717, 1.165) is 12.2 Å². The largest absolute Gasteiger partial charge is 0.383 e. The predicted molar refractivity (Wildman–Crippen MR) is 71.8 cm³/mol. The van der Waals surface area contributed by atoms with Crippen molar-refractivity contribution >= 4 is 11.6 Å². The van der Waals surface area contributed by atoms with Crippen molar-refractivity contribution in [1.29, 1.82) is 0 Å². The second-order valence-electron chi connectivity index (χ2n) is 4.60. The van der Waals surface area contributed by atoms with E-state index < -0.39 is 0 Å². The first-order valence-corrected chi connectivity index (χ1v) is 6.01. The molecule has 100 valence electrons. The van der Waals surface area contributed by atoms with Crippen molar-refractivity contribution < 1.29 is 9.53 Å². The Kier molecular flexibility index (Phi) is 5.09. The number of anilines is 1. The molecule has 1 aromatic rings. The molecule has 0 aliphatic rings. The summed E-state index contributed by atoms with van der Waals surface area (Å²) in [5, 5.41) is 5.97. The van der Waals surface area contributed by atoms with Crippen molar-refractivity contribution in [3.05, 3.63) is 24.0 Å². The van der Waals surface area contributed by atoms with Crippen LogP contribution in [0, 0.1) is 0 Å². The molecule has 1 heterocycles. The summed E-state index contributed by atoms with van der Waals surface area (Å²) in [6.07, 6.45) is 3.26. The van der Waals surface area contributed by atoms with Crippen LogP contribution in [-0.2, 0) is 4.74 Å². The van der Waals surface area contributed by atoms with Crippen LogP contribution in [0.25, 0.3) is 0 Å². The highest BCUT2D eigenvalue weighted by Crippen LogP contribution is 2.13. The molecule has 2 N–H and O–H groups in total. The molecule has 0 aromatic carbocycles. The van der Waals surface area contributed by atoms with E-state index >= 15 is 0 Å². The zero-order valence-electron chi connectivity index (χ0n) is 11.4. The number of hydrogen-bond acceptors (Lipinski definition) is 4. The Labute approximate surface area is 108 Å². The molecule has 0 aliphatic carbocycles. The molecule has 0 saturated heterocycles. The number of carbonyl (C=O) groups excluding carboxylic acids is 1. The van der Waals surface area contributed by atoms with E-state index in [1.807, 2.05) is 20.8 Å². The first-order chi connectivity index (χ1) is 8.50. The Morgan fingerprint density at radius 1 is 1.50 bits per heavy atom. The first-order valence-electron chi connectivity index (χ1n) is 6.01. The van der Waals surface area contributed by atoms with Crippen LogP contribution in [0.3, 0.4) is 0 Å². The highest BCUT2D eigenvalue weighted by molar-refractivity contribution is 5.99. The lowest BCUT2D eigenvalue weighted by Gasteiger charge is -2.23. The molecule has 0 spiro atoms. The monoisotopic (exact) mass is 251 g/mol. The van der Waals surface area contributed by atoms with Gasteiger partial charge in [-0.25, -0.2) is 0 Å². The zero-order chi connectivity index (χ0) is 13.6. The number of amides is 1. The molecule has 0 aliphatic heterocycles. The lowest BCUT2D eigenvalue weighted by atomic mass is 10.1. The minimum Gasteiger partial charge on any atom is -0.383 e. The molecule has 0 bridgehead atoms. The van der Waals surface area contributed by atoms with Gasteiger partial charge in [0.1, 0.15) is 0 Å². The third kappa shape index (κ3) is 4.00. The maximum absolute atomic E-state index is 12.1. The minimum atomic E-state index is -0.374. The van der Waals surface area contributed by atoms with Crippen molar-refractivity contribution in [2.45, 2.75) is 26.4 Å². The van der Waals surface area contributed by atoms with Crippen molar-refractivity contribution in [1.82, 2.24) is 10.3 Å². The van der Waals surface area contributed by atoms with Gasteiger partial charge in [0.15, 0.2) is 0 Å². The van der Waals surface area contributed by atoms with Crippen LogP contribution in [-0.4, -0.2) is 36.7 Å². The highest BCUT2D eigenvalue weighted by Gasteiger charge is 2.19. The molecular weight excluding hydrogens is 230 g/mol. The Morgan fingerprint density at radius 3 is 2.83 bits per heavy atom. The van der Waals surface area contributed by atoms with Gasteiger partial charge in [-0.2, -0.15) is 0 Å². The van der Waals surface area contributed by atoms with Gasteiger partial charge in [-0.15, -0.1) is 0 Å². The summed E-state index contributed by atoms with van der Waals surface area (Å²) in [5.41, 5.74) is 0.965. The standard InChI is InChI=1S/C13H21N3O2/c1-5-15-11-8-14-7-6-10(11)12(17)16-9-13(2,3)18-4/h6-8,15H,5,9H2,1-4H3,(H,16,17). The number of methoxy groups -OCH3 is 1. The van der Waals surface area contributed by atoms with Gasteiger partial charge in [-0.05, 0) is 26.8 Å². The lowest BCUT2D eigenvalue weighted by Crippen LogP contribution is -2.39. The minimum absolute atomic E-state index is 0.126. The molecule has 0 saturated carbocycles. The molecule has 0 unspecified atom stereocenters. The maximum Gasteiger partial charge on any atom is 0.253 e. The number of nitrogens with one attached hydrogen (secondary N) is 2. The van der Waals surface area contributed by atoms with E-state index in [-0.39, 0.29) is 11.5 Å². The van der Waals surface area contributed by atoms with E-state index in [1.165, 1.54) is 0 Å². The van der Waals surface area contributed by atoms with Gasteiger partial charge in [-0.3, -0.25) is 9.78 Å². The first kappa shape index (κ1) is 14.4. The average molecular weight is 251 g/mol. The van der Waals surface area contributed by atoms with Crippen LogP contribution < -0.4 is 10.6 Å². The SMILES string of the molecule is CCNc1cnccc1C(=O)NCC(C)(C)OC. The summed E-state index contributed by atoms with van der Waals surface area (Å²) in [6, 6.07) is 1.70. The van der Waals surface area contributed by atoms with Gasteiger partial charge in [0, 0.05) is 26.4 Å². The molecule has 0 fully saturated rings. The van der Waals surface area contributed by atoms with E-state index in [0.29, 0.717) is 12.1 Å². The van der Waals surface area contributed by atoms with Gasteiger partial charge in [0.2, 0.25) is 0 Å². The number of rotatable bonds is 6. The molecule has 0 radical (unpaired) electrons. The van der Waals surface area contributed by atoms with E-state index in [9.17, 15) is 4.79 Å². The molecular formula is C13H21N3O2. The Bertz CT molecular complexity index is 405. The molecule has 5 heteroatoms. The third-order valence-corrected chi connectivity index (χ3v) is 2.66. The maximum atomic E-state index is 12.1. The number of ether oxygens (including phenoxy) is 1. The van der Waals surface area contributed by atoms with E-state index in [2.05, 4.69) is 15.6 Å². The Balaban J connectivity index is 2.72. The van der Waals surface area contributed by atoms with Crippen molar-refractivity contribution in [2.24, 2.45) is 0 Å². The van der Waals surface area contributed by atoms with Gasteiger partial charge < -0.3 is 15.4 Å². The lowest BCUT2D eigenvalue weighted by molar-refractivity contribution is 0.0229. The summed E-state index contributed by atoms with van der Waals surface area (Å²) in [4.78, 5) is 16.1. The molecule has 1 aromatic heterocycles. The second kappa shape index (κ2) is 6.35. The van der Waals surface area contributed by atoms with Gasteiger partial charge in [0.05, 0.1) is 23.0 Å². The van der Waals surface area contributed by atoms with E-state index in [1.54, 1.807) is 25.6 Å². The van der Waals surface area contributed by atoms with Crippen molar-refractivity contribution in [2.75, 3.05) is 25.5 Å². The van der Waals surface area contributed by atoms with Crippen molar-refractivity contribution in [3.63, 3.8) is 0 Å².